The average molecular weight is 444 g/mol. The van der Waals surface area contributed by atoms with Gasteiger partial charge in [0.1, 0.15) is 11.0 Å². The standard InChI is InChI=1S/C21H25N5O4S/c1-15-6-5-11-25(13-15)31(28,29)17-9-10-19-20(12-17)26(24-23-19)30-14-21(27)22-18-8-4-3-7-16(18)2/h3-4,7-10,12,15H,5-6,11,13-14H2,1-2H3,(H,22,27). The predicted molar refractivity (Wildman–Crippen MR) is 116 cm³/mol. The minimum atomic E-state index is -3.63. The number of hydrogen-bond acceptors (Lipinski definition) is 6. The third-order valence-electron chi connectivity index (χ3n) is 5.38. The maximum atomic E-state index is 13.1. The average Bonchev–Trinajstić information content (AvgIpc) is 3.16. The summed E-state index contributed by atoms with van der Waals surface area (Å²) in [4.78, 5) is 19.0. The molecule has 31 heavy (non-hydrogen) atoms. The second kappa shape index (κ2) is 8.64. The number of anilines is 1. The van der Waals surface area contributed by atoms with E-state index in [1.165, 1.54) is 16.4 Å². The van der Waals surface area contributed by atoms with Gasteiger partial charge in [0.2, 0.25) is 10.0 Å². The third-order valence-corrected chi connectivity index (χ3v) is 7.24. The molecule has 2 heterocycles. The Hall–Kier alpha value is -2.98. The first-order valence-corrected chi connectivity index (χ1v) is 11.6. The number of benzene rings is 2. The molecule has 0 saturated carbocycles. The van der Waals surface area contributed by atoms with E-state index in [2.05, 4.69) is 22.6 Å². The van der Waals surface area contributed by atoms with Crippen molar-refractivity contribution >= 4 is 32.7 Å². The van der Waals surface area contributed by atoms with E-state index in [1.807, 2.05) is 25.1 Å². The molecule has 1 unspecified atom stereocenters. The number of para-hydroxylation sites is 1. The number of hydrogen-bond donors (Lipinski definition) is 1. The summed E-state index contributed by atoms with van der Waals surface area (Å²) in [6, 6.07) is 12.0. The molecule has 9 nitrogen and oxygen atoms in total. The lowest BCUT2D eigenvalue weighted by atomic mass is 10.0. The van der Waals surface area contributed by atoms with Crippen LogP contribution in [0.2, 0.25) is 0 Å². The van der Waals surface area contributed by atoms with Crippen molar-refractivity contribution in [1.82, 2.24) is 19.5 Å². The molecule has 0 bridgehead atoms. The summed E-state index contributed by atoms with van der Waals surface area (Å²) in [7, 11) is -3.63. The van der Waals surface area contributed by atoms with E-state index in [0.29, 0.717) is 35.7 Å². The van der Waals surface area contributed by atoms with Crippen LogP contribution in [-0.2, 0) is 14.8 Å². The molecule has 2 aromatic carbocycles. The zero-order valence-corrected chi connectivity index (χ0v) is 18.3. The first-order chi connectivity index (χ1) is 14.8. The summed E-state index contributed by atoms with van der Waals surface area (Å²) < 4.78 is 27.7. The minimum absolute atomic E-state index is 0.158. The van der Waals surface area contributed by atoms with Crippen LogP contribution in [0.25, 0.3) is 11.0 Å². The van der Waals surface area contributed by atoms with E-state index in [-0.39, 0.29) is 17.4 Å². The largest absolute Gasteiger partial charge is 0.385 e. The van der Waals surface area contributed by atoms with Gasteiger partial charge in [0, 0.05) is 18.8 Å². The van der Waals surface area contributed by atoms with E-state index in [0.717, 1.165) is 23.3 Å². The van der Waals surface area contributed by atoms with Crippen molar-refractivity contribution in [3.8, 4) is 0 Å². The van der Waals surface area contributed by atoms with Crippen LogP contribution in [0.5, 0.6) is 0 Å². The number of amides is 1. The van der Waals surface area contributed by atoms with E-state index < -0.39 is 10.0 Å². The summed E-state index contributed by atoms with van der Waals surface area (Å²) in [5, 5.41) is 10.7. The fourth-order valence-electron chi connectivity index (χ4n) is 3.67. The Morgan fingerprint density at radius 3 is 2.84 bits per heavy atom. The quantitative estimate of drug-likeness (QED) is 0.626. The first-order valence-electron chi connectivity index (χ1n) is 10.2. The number of carbonyl (C=O) groups excluding carboxylic acids is 1. The lowest BCUT2D eigenvalue weighted by molar-refractivity contribution is -0.121. The summed E-state index contributed by atoms with van der Waals surface area (Å²) in [6.07, 6.45) is 1.88. The molecule has 1 amide bonds. The second-order valence-electron chi connectivity index (χ2n) is 7.86. The van der Waals surface area contributed by atoms with Gasteiger partial charge in [0.15, 0.2) is 6.61 Å². The molecule has 1 N–H and O–H groups in total. The Bertz CT molecular complexity index is 1210. The number of carbonyl (C=O) groups is 1. The highest BCUT2D eigenvalue weighted by molar-refractivity contribution is 7.89. The van der Waals surface area contributed by atoms with E-state index in [1.54, 1.807) is 12.1 Å². The molecule has 4 rings (SSSR count). The first kappa shape index (κ1) is 21.3. The molecule has 0 radical (unpaired) electrons. The molecule has 1 aliphatic heterocycles. The molecule has 164 valence electrons. The number of rotatable bonds is 6. The molecule has 0 aliphatic carbocycles. The number of aromatic nitrogens is 3. The maximum absolute atomic E-state index is 13.1. The van der Waals surface area contributed by atoms with Crippen LogP contribution < -0.4 is 10.2 Å². The predicted octanol–water partition coefficient (Wildman–Crippen LogP) is 2.23. The Kier molecular flexibility index (Phi) is 5.92. The number of nitrogens with zero attached hydrogens (tertiary/aromatic N) is 4. The lowest BCUT2D eigenvalue weighted by Gasteiger charge is -2.30. The van der Waals surface area contributed by atoms with Gasteiger partial charge in [-0.2, -0.15) is 4.31 Å². The monoisotopic (exact) mass is 443 g/mol. The highest BCUT2D eigenvalue weighted by Gasteiger charge is 2.29. The van der Waals surface area contributed by atoms with Crippen LogP contribution in [0.15, 0.2) is 47.4 Å². The maximum Gasteiger partial charge on any atom is 0.265 e. The van der Waals surface area contributed by atoms with Crippen molar-refractivity contribution in [2.24, 2.45) is 5.92 Å². The van der Waals surface area contributed by atoms with E-state index in [4.69, 9.17) is 4.84 Å². The molecule has 1 atom stereocenters. The number of fused-ring (bicyclic) bond motifs is 1. The van der Waals surface area contributed by atoms with Crippen molar-refractivity contribution in [2.45, 2.75) is 31.6 Å². The van der Waals surface area contributed by atoms with Gasteiger partial charge in [-0.3, -0.25) is 4.79 Å². The van der Waals surface area contributed by atoms with Gasteiger partial charge in [-0.05, 0) is 60.7 Å². The van der Waals surface area contributed by atoms with Gasteiger partial charge < -0.3 is 10.2 Å². The molecule has 1 saturated heterocycles. The van der Waals surface area contributed by atoms with Crippen LogP contribution >= 0.6 is 0 Å². The van der Waals surface area contributed by atoms with Gasteiger partial charge >= 0.3 is 0 Å². The number of aryl methyl sites for hydroxylation is 1. The molecule has 0 spiro atoms. The van der Waals surface area contributed by atoms with E-state index in [9.17, 15) is 13.2 Å². The Balaban J connectivity index is 1.51. The van der Waals surface area contributed by atoms with Crippen molar-refractivity contribution in [3.63, 3.8) is 0 Å². The fraction of sp³-hybridized carbons (Fsp3) is 0.381. The van der Waals surface area contributed by atoms with Gasteiger partial charge in [0.05, 0.1) is 4.90 Å². The lowest BCUT2D eigenvalue weighted by Crippen LogP contribution is -2.39. The topological polar surface area (TPSA) is 106 Å². The fourth-order valence-corrected chi connectivity index (χ4v) is 5.29. The third kappa shape index (κ3) is 4.54. The van der Waals surface area contributed by atoms with Crippen LogP contribution in [0.3, 0.4) is 0 Å². The minimum Gasteiger partial charge on any atom is -0.385 e. The van der Waals surface area contributed by atoms with Gasteiger partial charge in [0.25, 0.3) is 5.91 Å². The van der Waals surface area contributed by atoms with Crippen molar-refractivity contribution in [1.29, 1.82) is 0 Å². The molecule has 1 fully saturated rings. The van der Waals surface area contributed by atoms with Crippen LogP contribution in [-0.4, -0.2) is 53.5 Å². The highest BCUT2D eigenvalue weighted by atomic mass is 32.2. The highest BCUT2D eigenvalue weighted by Crippen LogP contribution is 2.25. The van der Waals surface area contributed by atoms with Crippen LogP contribution in [0, 0.1) is 12.8 Å². The molecular weight excluding hydrogens is 418 g/mol. The summed E-state index contributed by atoms with van der Waals surface area (Å²) in [6.45, 7) is 4.67. The number of piperidine rings is 1. The summed E-state index contributed by atoms with van der Waals surface area (Å²) in [5.74, 6) is -0.0291. The van der Waals surface area contributed by atoms with E-state index >= 15 is 0 Å². The Labute approximate surface area is 181 Å². The van der Waals surface area contributed by atoms with Crippen molar-refractivity contribution in [2.75, 3.05) is 25.0 Å². The smallest absolute Gasteiger partial charge is 0.265 e. The second-order valence-corrected chi connectivity index (χ2v) is 9.80. The van der Waals surface area contributed by atoms with Crippen molar-refractivity contribution in [3.05, 3.63) is 48.0 Å². The van der Waals surface area contributed by atoms with Crippen LogP contribution in [0.4, 0.5) is 5.69 Å². The molecule has 3 aromatic rings. The van der Waals surface area contributed by atoms with Gasteiger partial charge in [-0.15, -0.1) is 5.10 Å². The zero-order valence-electron chi connectivity index (χ0n) is 17.5. The SMILES string of the molecule is Cc1ccccc1NC(=O)COn1nnc2ccc(S(=O)(=O)N3CCCC(C)C3)cc21. The Morgan fingerprint density at radius 1 is 1.26 bits per heavy atom. The van der Waals surface area contributed by atoms with Gasteiger partial charge in [-0.25, -0.2) is 8.42 Å². The van der Waals surface area contributed by atoms with Gasteiger partial charge in [-0.1, -0.05) is 30.0 Å². The molecule has 10 heteroatoms. The normalized spacial score (nSPS) is 17.5. The van der Waals surface area contributed by atoms with Crippen LogP contribution in [0.1, 0.15) is 25.3 Å². The summed E-state index contributed by atoms with van der Waals surface area (Å²) in [5.41, 5.74) is 2.49. The zero-order chi connectivity index (χ0) is 22.0. The summed E-state index contributed by atoms with van der Waals surface area (Å²) >= 11 is 0. The molecule has 1 aliphatic rings. The van der Waals surface area contributed by atoms with Crippen molar-refractivity contribution < 1.29 is 18.0 Å². The number of sulfonamides is 1. The Morgan fingerprint density at radius 2 is 2.06 bits per heavy atom. The number of nitrogens with one attached hydrogen (secondary N) is 1. The molecule has 1 aromatic heterocycles. The molecular formula is C21H25N5O4S.